The van der Waals surface area contributed by atoms with Gasteiger partial charge in [0.25, 0.3) is 0 Å². The molecule has 1 saturated carbocycles. The van der Waals surface area contributed by atoms with Crippen molar-refractivity contribution >= 4 is 23.2 Å². The van der Waals surface area contributed by atoms with Gasteiger partial charge in [-0.25, -0.2) is 0 Å². The van der Waals surface area contributed by atoms with Crippen molar-refractivity contribution < 1.29 is 18.0 Å². The van der Waals surface area contributed by atoms with Crippen LogP contribution in [-0.4, -0.2) is 11.9 Å². The van der Waals surface area contributed by atoms with Gasteiger partial charge in [-0.05, 0) is 36.6 Å². The summed E-state index contributed by atoms with van der Waals surface area (Å²) in [5.41, 5.74) is -0.550. The van der Waals surface area contributed by atoms with Crippen molar-refractivity contribution in [1.29, 1.82) is 0 Å². The van der Waals surface area contributed by atoms with Gasteiger partial charge in [0.05, 0.1) is 11.3 Å². The Balaban J connectivity index is 1.86. The highest BCUT2D eigenvalue weighted by Crippen LogP contribution is 2.37. The molecule has 144 valence electrons. The van der Waals surface area contributed by atoms with Crippen molar-refractivity contribution in [2.75, 3.05) is 5.32 Å². The molecule has 27 heavy (non-hydrogen) atoms. The van der Waals surface area contributed by atoms with Crippen molar-refractivity contribution in [2.45, 2.75) is 43.9 Å². The molecule has 1 amide bonds. The zero-order valence-corrected chi connectivity index (χ0v) is 15.3. The number of rotatable bonds is 5. The molecule has 0 aromatic heterocycles. The average molecular weight is 397 g/mol. The average Bonchev–Trinajstić information content (AvgIpc) is 3.14. The second kappa shape index (κ2) is 8.31. The van der Waals surface area contributed by atoms with Crippen LogP contribution in [-0.2, 0) is 11.0 Å². The minimum Gasteiger partial charge on any atom is -0.324 e. The van der Waals surface area contributed by atoms with Gasteiger partial charge in [0.2, 0.25) is 5.91 Å². The van der Waals surface area contributed by atoms with Crippen LogP contribution in [0.15, 0.2) is 48.5 Å². The monoisotopic (exact) mass is 396 g/mol. The van der Waals surface area contributed by atoms with Crippen LogP contribution in [0.5, 0.6) is 0 Å². The predicted molar refractivity (Wildman–Crippen MR) is 99.7 cm³/mol. The van der Waals surface area contributed by atoms with E-state index < -0.39 is 23.7 Å². The van der Waals surface area contributed by atoms with Gasteiger partial charge in [0.1, 0.15) is 6.04 Å². The smallest absolute Gasteiger partial charge is 0.324 e. The molecule has 0 heterocycles. The summed E-state index contributed by atoms with van der Waals surface area (Å²) < 4.78 is 39.9. The van der Waals surface area contributed by atoms with Crippen LogP contribution in [0.2, 0.25) is 5.02 Å². The maximum Gasteiger partial charge on any atom is 0.418 e. The van der Waals surface area contributed by atoms with E-state index in [1.54, 1.807) is 24.3 Å². The number of carbonyl (C=O) groups is 1. The van der Waals surface area contributed by atoms with E-state index in [0.29, 0.717) is 5.56 Å². The summed E-state index contributed by atoms with van der Waals surface area (Å²) in [6.07, 6.45) is -0.558. The zero-order valence-electron chi connectivity index (χ0n) is 14.5. The Morgan fingerprint density at radius 1 is 1.07 bits per heavy atom. The molecular formula is C20H20ClF3N2O. The SMILES string of the molecule is O=C(Nc1ccc(Cl)cc1C(F)(F)F)[C@@H](NC1CCCC1)c1ccccc1. The van der Waals surface area contributed by atoms with Crippen LogP contribution in [0.1, 0.15) is 42.9 Å². The Bertz CT molecular complexity index is 790. The van der Waals surface area contributed by atoms with E-state index in [1.807, 2.05) is 6.07 Å². The third-order valence-corrected chi connectivity index (χ3v) is 4.93. The molecule has 2 N–H and O–H groups in total. The Kier molecular flexibility index (Phi) is 6.07. The number of hydrogen-bond acceptors (Lipinski definition) is 2. The van der Waals surface area contributed by atoms with Gasteiger partial charge < -0.3 is 5.32 Å². The number of amides is 1. The topological polar surface area (TPSA) is 41.1 Å². The second-order valence-corrected chi connectivity index (χ2v) is 7.11. The first-order valence-corrected chi connectivity index (χ1v) is 9.21. The molecule has 0 spiro atoms. The van der Waals surface area contributed by atoms with Crippen LogP contribution >= 0.6 is 11.6 Å². The van der Waals surface area contributed by atoms with Crippen molar-refractivity contribution in [3.8, 4) is 0 Å². The molecule has 0 radical (unpaired) electrons. The third kappa shape index (κ3) is 5.02. The summed E-state index contributed by atoms with van der Waals surface area (Å²) in [7, 11) is 0. The lowest BCUT2D eigenvalue weighted by Crippen LogP contribution is -2.38. The Morgan fingerprint density at radius 3 is 2.37 bits per heavy atom. The summed E-state index contributed by atoms with van der Waals surface area (Å²) in [6, 6.07) is 11.8. The largest absolute Gasteiger partial charge is 0.418 e. The fraction of sp³-hybridized carbons (Fsp3) is 0.350. The first kappa shape index (κ1) is 19.7. The van der Waals surface area contributed by atoms with Gasteiger partial charge >= 0.3 is 6.18 Å². The van der Waals surface area contributed by atoms with Crippen molar-refractivity contribution in [3.63, 3.8) is 0 Å². The molecular weight excluding hydrogens is 377 g/mol. The van der Waals surface area contributed by atoms with E-state index in [-0.39, 0.29) is 16.8 Å². The molecule has 3 rings (SSSR count). The minimum absolute atomic E-state index is 0.0380. The van der Waals surface area contributed by atoms with Crippen LogP contribution < -0.4 is 10.6 Å². The van der Waals surface area contributed by atoms with E-state index >= 15 is 0 Å². The Hall–Kier alpha value is -2.05. The summed E-state index contributed by atoms with van der Waals surface area (Å²) in [5, 5.41) is 5.70. The van der Waals surface area contributed by atoms with E-state index in [9.17, 15) is 18.0 Å². The number of carbonyl (C=O) groups excluding carboxylic acids is 1. The van der Waals surface area contributed by atoms with Gasteiger partial charge in [0, 0.05) is 11.1 Å². The lowest BCUT2D eigenvalue weighted by molar-refractivity contribution is -0.137. The minimum atomic E-state index is -4.62. The molecule has 2 aromatic rings. The van der Waals surface area contributed by atoms with Crippen molar-refractivity contribution in [3.05, 3.63) is 64.7 Å². The molecule has 7 heteroatoms. The molecule has 0 saturated heterocycles. The number of benzene rings is 2. The molecule has 3 nitrogen and oxygen atoms in total. The molecule has 1 fully saturated rings. The first-order chi connectivity index (χ1) is 12.8. The van der Waals surface area contributed by atoms with E-state index in [1.165, 1.54) is 12.1 Å². The van der Waals surface area contributed by atoms with Crippen LogP contribution in [0.4, 0.5) is 18.9 Å². The molecule has 2 aromatic carbocycles. The van der Waals surface area contributed by atoms with Gasteiger partial charge in [-0.3, -0.25) is 10.1 Å². The lowest BCUT2D eigenvalue weighted by Gasteiger charge is -2.24. The highest BCUT2D eigenvalue weighted by molar-refractivity contribution is 6.30. The van der Waals surface area contributed by atoms with Gasteiger partial charge in [-0.15, -0.1) is 0 Å². The zero-order chi connectivity index (χ0) is 19.4. The van der Waals surface area contributed by atoms with E-state index in [0.717, 1.165) is 31.7 Å². The van der Waals surface area contributed by atoms with E-state index in [2.05, 4.69) is 10.6 Å². The second-order valence-electron chi connectivity index (χ2n) is 6.67. The highest BCUT2D eigenvalue weighted by atomic mass is 35.5. The third-order valence-electron chi connectivity index (χ3n) is 4.70. The lowest BCUT2D eigenvalue weighted by atomic mass is 10.0. The molecule has 1 atom stereocenters. The van der Waals surface area contributed by atoms with Crippen LogP contribution in [0.25, 0.3) is 0 Å². The number of nitrogens with one attached hydrogen (secondary N) is 2. The summed E-state index contributed by atoms with van der Waals surface area (Å²) in [6.45, 7) is 0. The van der Waals surface area contributed by atoms with Gasteiger partial charge in [-0.2, -0.15) is 13.2 Å². The number of anilines is 1. The predicted octanol–water partition coefficient (Wildman–Crippen LogP) is 5.57. The Labute approximate surface area is 160 Å². The number of halogens is 4. The highest BCUT2D eigenvalue weighted by Gasteiger charge is 2.35. The first-order valence-electron chi connectivity index (χ1n) is 8.83. The van der Waals surface area contributed by atoms with Crippen LogP contribution in [0, 0.1) is 0 Å². The molecule has 0 aliphatic heterocycles. The van der Waals surface area contributed by atoms with Gasteiger partial charge in [0.15, 0.2) is 0 Å². The maximum atomic E-state index is 13.3. The molecule has 1 aliphatic carbocycles. The maximum absolute atomic E-state index is 13.3. The molecule has 1 aliphatic rings. The fourth-order valence-electron chi connectivity index (χ4n) is 3.36. The van der Waals surface area contributed by atoms with Gasteiger partial charge in [-0.1, -0.05) is 54.8 Å². The normalized spacial score (nSPS) is 16.3. The Morgan fingerprint density at radius 2 is 1.74 bits per heavy atom. The standard InChI is InChI=1S/C20H20ClF3N2O/c21-14-10-11-17(16(12-14)20(22,23)24)26-19(27)18(13-6-2-1-3-7-13)25-15-8-4-5-9-15/h1-3,6-7,10-12,15,18,25H,4-5,8-9H2,(H,26,27)/t18-/m0/s1. The quantitative estimate of drug-likeness (QED) is 0.693. The summed E-state index contributed by atoms with van der Waals surface area (Å²) >= 11 is 5.71. The van der Waals surface area contributed by atoms with Crippen molar-refractivity contribution in [2.24, 2.45) is 0 Å². The van der Waals surface area contributed by atoms with E-state index in [4.69, 9.17) is 11.6 Å². The summed E-state index contributed by atoms with van der Waals surface area (Å²) in [4.78, 5) is 12.9. The number of hydrogen-bond donors (Lipinski definition) is 2. The van der Waals surface area contributed by atoms with Crippen molar-refractivity contribution in [1.82, 2.24) is 5.32 Å². The number of alkyl halides is 3. The van der Waals surface area contributed by atoms with Crippen LogP contribution in [0.3, 0.4) is 0 Å². The molecule has 0 unspecified atom stereocenters. The fourth-order valence-corrected chi connectivity index (χ4v) is 3.53. The summed E-state index contributed by atoms with van der Waals surface area (Å²) in [5.74, 6) is -0.527. The molecule has 0 bridgehead atoms.